The molecule has 0 N–H and O–H groups in total. The quantitative estimate of drug-likeness (QED) is 0.194. The van der Waals surface area contributed by atoms with Gasteiger partial charge in [-0.25, -0.2) is 9.59 Å². The fourth-order valence-corrected chi connectivity index (χ4v) is 7.26. The Morgan fingerprint density at radius 3 is 1.89 bits per heavy atom. The maximum absolute atomic E-state index is 14.6. The Hall–Kier alpha value is -4.38. The molecule has 0 aromatic heterocycles. The van der Waals surface area contributed by atoms with E-state index in [9.17, 15) is 9.59 Å². The molecule has 5 nitrogen and oxygen atoms in total. The van der Waals surface area contributed by atoms with Gasteiger partial charge in [-0.05, 0) is 46.4 Å². The van der Waals surface area contributed by atoms with Crippen LogP contribution in [0.5, 0.6) is 0 Å². The van der Waals surface area contributed by atoms with Crippen LogP contribution in [0.15, 0.2) is 121 Å². The predicted molar refractivity (Wildman–Crippen MR) is 172 cm³/mol. The first-order chi connectivity index (χ1) is 21.3. The van der Waals surface area contributed by atoms with Gasteiger partial charge in [0.15, 0.2) is 12.1 Å². The monoisotopic (exact) mass is 587 g/mol. The van der Waals surface area contributed by atoms with E-state index >= 15 is 0 Å². The van der Waals surface area contributed by atoms with Gasteiger partial charge in [0, 0.05) is 5.92 Å². The summed E-state index contributed by atoms with van der Waals surface area (Å²) in [5.74, 6) is 0.139. The minimum Gasteiger partial charge on any atom is -0.460 e. The summed E-state index contributed by atoms with van der Waals surface area (Å²) in [4.78, 5) is 30.2. The molecule has 1 amide bonds. The van der Waals surface area contributed by atoms with Crippen LogP contribution in [0.4, 0.5) is 4.79 Å². The third-order valence-electron chi connectivity index (χ3n) is 9.67. The van der Waals surface area contributed by atoms with Crippen LogP contribution >= 0.6 is 0 Å². The first kappa shape index (κ1) is 29.7. The smallest absolute Gasteiger partial charge is 0.412 e. The minimum absolute atomic E-state index is 0.130. The van der Waals surface area contributed by atoms with E-state index in [4.69, 9.17) is 9.47 Å². The lowest BCUT2D eigenvalue weighted by Gasteiger charge is -2.44. The van der Waals surface area contributed by atoms with Crippen LogP contribution in [0.2, 0.25) is 0 Å². The summed E-state index contributed by atoms with van der Waals surface area (Å²) < 4.78 is 12.7. The van der Waals surface area contributed by atoms with Gasteiger partial charge >= 0.3 is 12.1 Å². The summed E-state index contributed by atoms with van der Waals surface area (Å²) in [6.07, 6.45) is 1.21. The number of esters is 1. The molecular formula is C39H41NO4. The molecule has 2 aliphatic rings. The minimum atomic E-state index is -0.965. The average Bonchev–Trinajstić information content (AvgIpc) is 3.39. The van der Waals surface area contributed by atoms with Crippen LogP contribution in [0.25, 0.3) is 0 Å². The maximum atomic E-state index is 14.6. The highest BCUT2D eigenvalue weighted by Crippen LogP contribution is 2.46. The van der Waals surface area contributed by atoms with Crippen molar-refractivity contribution in [1.82, 2.24) is 4.90 Å². The number of carbonyl (C=O) groups is 2. The number of ether oxygens (including phenoxy) is 2. The zero-order chi connectivity index (χ0) is 30.7. The first-order valence-electron chi connectivity index (χ1n) is 15.7. The summed E-state index contributed by atoms with van der Waals surface area (Å²) >= 11 is 0. The zero-order valence-electron chi connectivity index (χ0n) is 25.7. The number of hydrogen-bond donors (Lipinski definition) is 0. The number of carbonyl (C=O) groups excluding carboxylic acids is 2. The predicted octanol–water partition coefficient (Wildman–Crippen LogP) is 8.66. The number of cyclic esters (lactones) is 1. The molecule has 1 aliphatic heterocycles. The van der Waals surface area contributed by atoms with Crippen molar-refractivity contribution >= 4 is 12.1 Å². The molecule has 1 saturated carbocycles. The van der Waals surface area contributed by atoms with Crippen LogP contribution in [-0.4, -0.2) is 29.1 Å². The van der Waals surface area contributed by atoms with Crippen molar-refractivity contribution < 1.29 is 19.1 Å². The molecule has 5 atom stereocenters. The first-order valence-corrected chi connectivity index (χ1v) is 15.7. The molecule has 2 fully saturated rings. The van der Waals surface area contributed by atoms with E-state index in [1.165, 1.54) is 5.56 Å². The molecule has 226 valence electrons. The van der Waals surface area contributed by atoms with Gasteiger partial charge in [-0.3, -0.25) is 4.90 Å². The molecule has 4 aromatic carbocycles. The molecule has 1 heterocycles. The van der Waals surface area contributed by atoms with Crippen LogP contribution in [0.1, 0.15) is 74.4 Å². The van der Waals surface area contributed by atoms with E-state index in [1.54, 1.807) is 4.90 Å². The zero-order valence-corrected chi connectivity index (χ0v) is 25.7. The van der Waals surface area contributed by atoms with Crippen molar-refractivity contribution in [2.75, 3.05) is 0 Å². The molecule has 6 rings (SSSR count). The largest absolute Gasteiger partial charge is 0.460 e. The van der Waals surface area contributed by atoms with Gasteiger partial charge in [-0.2, -0.15) is 0 Å². The van der Waals surface area contributed by atoms with Gasteiger partial charge in [0.2, 0.25) is 0 Å². The Kier molecular flexibility index (Phi) is 8.56. The number of hydrogen-bond acceptors (Lipinski definition) is 4. The van der Waals surface area contributed by atoms with Crippen LogP contribution in [-0.2, 0) is 19.7 Å². The third-order valence-corrected chi connectivity index (χ3v) is 9.67. The Bertz CT molecular complexity index is 1500. The maximum Gasteiger partial charge on any atom is 0.412 e. The van der Waals surface area contributed by atoms with E-state index in [1.807, 2.05) is 97.1 Å². The van der Waals surface area contributed by atoms with Crippen LogP contribution in [0.3, 0.4) is 0 Å². The Morgan fingerprint density at radius 1 is 0.795 bits per heavy atom. The number of amides is 1. The SMILES string of the molecule is C[C@@H]1CC[C@@H](C(C)(C)c2ccccc2)[C@@H](OC(=O)C2C(c3ccccc3)OC(=O)N2C(c2ccccc2)c2ccccc2)C1. The lowest BCUT2D eigenvalue weighted by molar-refractivity contribution is -0.163. The summed E-state index contributed by atoms with van der Waals surface area (Å²) in [7, 11) is 0. The molecule has 0 radical (unpaired) electrons. The van der Waals surface area contributed by atoms with Gasteiger partial charge < -0.3 is 9.47 Å². The van der Waals surface area contributed by atoms with Gasteiger partial charge in [-0.15, -0.1) is 0 Å². The van der Waals surface area contributed by atoms with Crippen molar-refractivity contribution in [3.63, 3.8) is 0 Å². The van der Waals surface area contributed by atoms with Gasteiger partial charge in [0.05, 0.1) is 6.04 Å². The van der Waals surface area contributed by atoms with E-state index in [2.05, 4.69) is 45.0 Å². The second-order valence-corrected chi connectivity index (χ2v) is 12.9. The van der Waals surface area contributed by atoms with Crippen LogP contribution in [0, 0.1) is 11.8 Å². The van der Waals surface area contributed by atoms with Crippen LogP contribution < -0.4 is 0 Å². The van der Waals surface area contributed by atoms with E-state index in [-0.39, 0.29) is 17.4 Å². The van der Waals surface area contributed by atoms with Crippen molar-refractivity contribution in [3.05, 3.63) is 144 Å². The molecular weight excluding hydrogens is 546 g/mol. The second kappa shape index (κ2) is 12.7. The standard InChI is InChI=1S/C39H41NO4/c1-27-24-25-32(39(2,3)31-22-14-7-15-23-31)33(26-27)43-37(41)35-36(30-20-12-6-13-21-30)44-38(42)40(35)34(28-16-8-4-9-17-28)29-18-10-5-11-19-29/h4-23,27,32-36H,24-26H2,1-3H3/t27-,32-,33+,35?,36?/m1/s1. The highest BCUT2D eigenvalue weighted by Gasteiger charge is 2.53. The van der Waals surface area contributed by atoms with Gasteiger partial charge in [0.25, 0.3) is 0 Å². The van der Waals surface area contributed by atoms with Gasteiger partial charge in [0.1, 0.15) is 6.10 Å². The van der Waals surface area contributed by atoms with Crippen molar-refractivity contribution in [1.29, 1.82) is 0 Å². The summed E-state index contributed by atoms with van der Waals surface area (Å²) in [6, 6.07) is 38.2. The molecule has 1 aliphatic carbocycles. The lowest BCUT2D eigenvalue weighted by Crippen LogP contribution is -2.48. The van der Waals surface area contributed by atoms with E-state index in [0.29, 0.717) is 5.92 Å². The summed E-state index contributed by atoms with van der Waals surface area (Å²) in [5.41, 5.74) is 3.59. The molecule has 5 heteroatoms. The highest BCUT2D eigenvalue weighted by molar-refractivity contribution is 5.86. The number of rotatable bonds is 8. The fraction of sp³-hybridized carbons (Fsp3) is 0.333. The average molecular weight is 588 g/mol. The number of benzene rings is 4. The van der Waals surface area contributed by atoms with Crippen molar-refractivity contribution in [2.45, 2.75) is 69.7 Å². The molecule has 0 spiro atoms. The number of nitrogens with zero attached hydrogens (tertiary/aromatic N) is 1. The fourth-order valence-electron chi connectivity index (χ4n) is 7.26. The highest BCUT2D eigenvalue weighted by atomic mass is 16.6. The summed E-state index contributed by atoms with van der Waals surface area (Å²) in [6.45, 7) is 6.74. The molecule has 1 saturated heterocycles. The lowest BCUT2D eigenvalue weighted by atomic mass is 9.64. The van der Waals surface area contributed by atoms with Crippen molar-refractivity contribution in [2.24, 2.45) is 11.8 Å². The molecule has 0 bridgehead atoms. The molecule has 4 aromatic rings. The molecule has 2 unspecified atom stereocenters. The van der Waals surface area contributed by atoms with E-state index < -0.39 is 30.3 Å². The topological polar surface area (TPSA) is 55.8 Å². The normalized spacial score (nSPS) is 23.8. The Morgan fingerprint density at radius 2 is 1.32 bits per heavy atom. The van der Waals surface area contributed by atoms with Crippen molar-refractivity contribution in [3.8, 4) is 0 Å². The summed E-state index contributed by atoms with van der Waals surface area (Å²) in [5, 5.41) is 0. The second-order valence-electron chi connectivity index (χ2n) is 12.9. The third kappa shape index (κ3) is 5.88. The van der Waals surface area contributed by atoms with Gasteiger partial charge in [-0.1, -0.05) is 149 Å². The Labute approximate surface area is 260 Å². The Balaban J connectivity index is 1.40. The van der Waals surface area contributed by atoms with E-state index in [0.717, 1.165) is 36.0 Å². The molecule has 44 heavy (non-hydrogen) atoms.